The summed E-state index contributed by atoms with van der Waals surface area (Å²) in [6.45, 7) is 1.43. The van der Waals surface area contributed by atoms with Gasteiger partial charge in [0, 0.05) is 12.2 Å². The van der Waals surface area contributed by atoms with Crippen LogP contribution >= 0.6 is 11.8 Å². The SMILES string of the molecule is C[C@@H](OC(=O)[C@@H]1CS[C@@]2(c3ccccc3)CCC(=O)N12)C(N)=O. The van der Waals surface area contributed by atoms with Crippen molar-refractivity contribution in [3.8, 4) is 0 Å². The molecule has 1 aromatic carbocycles. The van der Waals surface area contributed by atoms with Crippen LogP contribution in [-0.2, 0) is 24.0 Å². The lowest BCUT2D eigenvalue weighted by atomic mass is 10.0. The molecule has 0 spiro atoms. The van der Waals surface area contributed by atoms with E-state index in [1.165, 1.54) is 6.92 Å². The first-order valence-corrected chi connectivity index (χ1v) is 8.46. The Morgan fingerprint density at radius 2 is 2.09 bits per heavy atom. The Morgan fingerprint density at radius 3 is 2.74 bits per heavy atom. The molecule has 7 heteroatoms. The van der Waals surface area contributed by atoms with Gasteiger partial charge in [-0.1, -0.05) is 30.3 Å². The Balaban J connectivity index is 1.87. The molecule has 2 N–H and O–H groups in total. The van der Waals surface area contributed by atoms with Crippen molar-refractivity contribution in [3.05, 3.63) is 35.9 Å². The number of nitrogens with zero attached hydrogens (tertiary/aromatic N) is 1. The predicted molar refractivity (Wildman–Crippen MR) is 85.2 cm³/mol. The predicted octanol–water partition coefficient (Wildman–Crippen LogP) is 0.994. The van der Waals surface area contributed by atoms with Gasteiger partial charge in [-0.05, 0) is 18.9 Å². The van der Waals surface area contributed by atoms with Crippen LogP contribution in [0.3, 0.4) is 0 Å². The van der Waals surface area contributed by atoms with Gasteiger partial charge in [-0.25, -0.2) is 4.79 Å². The number of nitrogens with two attached hydrogens (primary N) is 1. The quantitative estimate of drug-likeness (QED) is 0.830. The lowest BCUT2D eigenvalue weighted by Crippen LogP contribution is -2.48. The molecule has 3 atom stereocenters. The minimum absolute atomic E-state index is 0.0625. The van der Waals surface area contributed by atoms with Crippen LogP contribution in [0.4, 0.5) is 0 Å². The second-order valence-electron chi connectivity index (χ2n) is 5.72. The number of primary amides is 1. The zero-order chi connectivity index (χ0) is 16.6. The van der Waals surface area contributed by atoms with E-state index in [1.807, 2.05) is 30.3 Å². The number of fused-ring (bicyclic) bond motifs is 1. The number of ether oxygens (including phenoxy) is 1. The van der Waals surface area contributed by atoms with Gasteiger partial charge in [0.1, 0.15) is 10.9 Å². The molecule has 2 aliphatic heterocycles. The van der Waals surface area contributed by atoms with Gasteiger partial charge in [0.15, 0.2) is 6.10 Å². The summed E-state index contributed by atoms with van der Waals surface area (Å²) in [5, 5.41) is 0. The zero-order valence-electron chi connectivity index (χ0n) is 12.7. The topological polar surface area (TPSA) is 89.7 Å². The number of thioether (sulfide) groups is 1. The number of hydrogen-bond donors (Lipinski definition) is 1. The van der Waals surface area contributed by atoms with E-state index in [-0.39, 0.29) is 5.91 Å². The zero-order valence-corrected chi connectivity index (χ0v) is 13.5. The van der Waals surface area contributed by atoms with Crippen LogP contribution in [-0.4, -0.2) is 40.6 Å². The fourth-order valence-corrected chi connectivity index (χ4v) is 4.76. The number of rotatable bonds is 4. The second kappa shape index (κ2) is 5.88. The molecule has 2 amide bonds. The Bertz CT molecular complexity index is 651. The largest absolute Gasteiger partial charge is 0.451 e. The molecule has 6 nitrogen and oxygen atoms in total. The normalized spacial score (nSPS) is 27.6. The van der Waals surface area contributed by atoms with E-state index in [2.05, 4.69) is 0 Å². The Hall–Kier alpha value is -2.02. The maximum atomic E-state index is 12.4. The summed E-state index contributed by atoms with van der Waals surface area (Å²) in [4.78, 5) is 37.0. The minimum Gasteiger partial charge on any atom is -0.451 e. The van der Waals surface area contributed by atoms with E-state index in [0.717, 1.165) is 5.56 Å². The molecular formula is C16H18N2O4S. The summed E-state index contributed by atoms with van der Waals surface area (Å²) < 4.78 is 5.11. The standard InChI is InChI=1S/C16H18N2O4S/c1-10(14(17)20)22-15(21)12-9-23-16(8-7-13(19)18(12)16)11-5-3-2-4-6-11/h2-6,10,12H,7-9H2,1H3,(H2,17,20)/t10-,12+,16-/m1/s1. The average Bonchev–Trinajstić information content (AvgIpc) is 3.08. The van der Waals surface area contributed by atoms with Crippen molar-refractivity contribution in [2.24, 2.45) is 5.73 Å². The van der Waals surface area contributed by atoms with Crippen LogP contribution in [0.15, 0.2) is 30.3 Å². The number of benzene rings is 1. The van der Waals surface area contributed by atoms with Gasteiger partial charge in [0.25, 0.3) is 5.91 Å². The Morgan fingerprint density at radius 1 is 1.39 bits per heavy atom. The maximum Gasteiger partial charge on any atom is 0.330 e. The molecule has 1 aromatic rings. The van der Waals surface area contributed by atoms with Crippen molar-refractivity contribution in [2.75, 3.05) is 5.75 Å². The lowest BCUT2D eigenvalue weighted by molar-refractivity contribution is -0.161. The van der Waals surface area contributed by atoms with Crippen molar-refractivity contribution in [2.45, 2.75) is 36.8 Å². The molecule has 0 saturated carbocycles. The third-order valence-corrected chi connectivity index (χ3v) is 5.91. The highest BCUT2D eigenvalue weighted by atomic mass is 32.2. The van der Waals surface area contributed by atoms with E-state index in [4.69, 9.17) is 10.5 Å². The first-order chi connectivity index (χ1) is 11.0. The van der Waals surface area contributed by atoms with Gasteiger partial charge in [-0.3, -0.25) is 9.59 Å². The summed E-state index contributed by atoms with van der Waals surface area (Å²) in [5.41, 5.74) is 6.14. The molecular weight excluding hydrogens is 316 g/mol. The molecule has 2 fully saturated rings. The van der Waals surface area contributed by atoms with Gasteiger partial charge in [0.05, 0.1) is 0 Å². The summed E-state index contributed by atoms with van der Waals surface area (Å²) in [5.74, 6) is -0.888. The van der Waals surface area contributed by atoms with Gasteiger partial charge in [0.2, 0.25) is 5.91 Å². The highest BCUT2D eigenvalue weighted by Gasteiger charge is 2.57. The van der Waals surface area contributed by atoms with Crippen LogP contribution < -0.4 is 5.73 Å². The van der Waals surface area contributed by atoms with Crippen LogP contribution in [0, 0.1) is 0 Å². The lowest BCUT2D eigenvalue weighted by Gasteiger charge is -2.33. The van der Waals surface area contributed by atoms with E-state index < -0.39 is 28.9 Å². The monoisotopic (exact) mass is 334 g/mol. The van der Waals surface area contributed by atoms with E-state index in [9.17, 15) is 14.4 Å². The van der Waals surface area contributed by atoms with Crippen LogP contribution in [0.2, 0.25) is 0 Å². The summed E-state index contributed by atoms with van der Waals surface area (Å²) in [6.07, 6.45) is 0.0594. The number of carbonyl (C=O) groups is 3. The number of esters is 1. The van der Waals surface area contributed by atoms with Crippen LogP contribution in [0.5, 0.6) is 0 Å². The molecule has 0 radical (unpaired) electrons. The molecule has 0 aliphatic carbocycles. The third kappa shape index (κ3) is 2.59. The summed E-state index contributed by atoms with van der Waals surface area (Å²) in [6, 6.07) is 9.02. The molecule has 3 rings (SSSR count). The molecule has 0 bridgehead atoms. The smallest absolute Gasteiger partial charge is 0.330 e. The highest BCUT2D eigenvalue weighted by molar-refractivity contribution is 8.00. The molecule has 0 unspecified atom stereocenters. The van der Waals surface area contributed by atoms with Gasteiger partial charge in [-0.2, -0.15) is 0 Å². The Kier molecular flexibility index (Phi) is 4.06. The molecule has 2 saturated heterocycles. The molecule has 0 aromatic heterocycles. The molecule has 122 valence electrons. The molecule has 2 aliphatic rings. The number of amides is 2. The summed E-state index contributed by atoms with van der Waals surface area (Å²) >= 11 is 1.58. The second-order valence-corrected chi connectivity index (χ2v) is 7.02. The van der Waals surface area contributed by atoms with Crippen molar-refractivity contribution in [3.63, 3.8) is 0 Å². The van der Waals surface area contributed by atoms with E-state index >= 15 is 0 Å². The fourth-order valence-electron chi connectivity index (χ4n) is 3.13. The fraction of sp³-hybridized carbons (Fsp3) is 0.438. The van der Waals surface area contributed by atoms with Crippen molar-refractivity contribution < 1.29 is 19.1 Å². The average molecular weight is 334 g/mol. The molecule has 2 heterocycles. The first-order valence-electron chi connectivity index (χ1n) is 7.47. The maximum absolute atomic E-state index is 12.4. The highest BCUT2D eigenvalue weighted by Crippen LogP contribution is 2.54. The third-order valence-electron chi connectivity index (χ3n) is 4.32. The van der Waals surface area contributed by atoms with Crippen LogP contribution in [0.25, 0.3) is 0 Å². The van der Waals surface area contributed by atoms with Crippen molar-refractivity contribution in [1.82, 2.24) is 4.90 Å². The van der Waals surface area contributed by atoms with Crippen molar-refractivity contribution in [1.29, 1.82) is 0 Å². The minimum atomic E-state index is -1.00. The van der Waals surface area contributed by atoms with E-state index in [0.29, 0.717) is 18.6 Å². The number of carbonyl (C=O) groups excluding carboxylic acids is 3. The van der Waals surface area contributed by atoms with E-state index in [1.54, 1.807) is 16.7 Å². The van der Waals surface area contributed by atoms with Crippen LogP contribution in [0.1, 0.15) is 25.3 Å². The van der Waals surface area contributed by atoms with Gasteiger partial charge >= 0.3 is 5.97 Å². The number of hydrogen-bond acceptors (Lipinski definition) is 5. The first kappa shape index (κ1) is 15.9. The summed E-state index contributed by atoms with van der Waals surface area (Å²) in [7, 11) is 0. The van der Waals surface area contributed by atoms with Gasteiger partial charge in [-0.15, -0.1) is 11.8 Å². The Labute approximate surface area is 138 Å². The molecule has 23 heavy (non-hydrogen) atoms. The van der Waals surface area contributed by atoms with Gasteiger partial charge < -0.3 is 15.4 Å². The van der Waals surface area contributed by atoms with Crippen molar-refractivity contribution >= 4 is 29.5 Å².